The van der Waals surface area contributed by atoms with Gasteiger partial charge in [0.1, 0.15) is 102 Å². The molecule has 0 saturated carbocycles. The Bertz CT molecular complexity index is 5150. The number of benzene rings is 2. The first-order valence-corrected chi connectivity index (χ1v) is 36.2. The lowest BCUT2D eigenvalue weighted by atomic mass is 10.2. The maximum Gasteiger partial charge on any atom is 0.228 e. The second kappa shape index (κ2) is 48.1. The van der Waals surface area contributed by atoms with Crippen molar-refractivity contribution < 1.29 is 13.5 Å². The van der Waals surface area contributed by atoms with E-state index < -0.39 is 0 Å². The molecule has 0 bridgehead atoms. The van der Waals surface area contributed by atoms with Crippen LogP contribution in [0.5, 0.6) is 0 Å². The monoisotopic (exact) mass is 1590 g/mol. The fourth-order valence-corrected chi connectivity index (χ4v) is 10.4. The number of aromatic nitrogens is 33. The van der Waals surface area contributed by atoms with Crippen LogP contribution < -0.4 is 0 Å². The van der Waals surface area contributed by atoms with Gasteiger partial charge in [0.15, 0.2) is 16.7 Å². The van der Waals surface area contributed by atoms with Crippen molar-refractivity contribution in [2.75, 3.05) is 0 Å². The van der Waals surface area contributed by atoms with E-state index in [0.717, 1.165) is 86.7 Å². The summed E-state index contributed by atoms with van der Waals surface area (Å²) in [5, 5.41) is 28.8. The summed E-state index contributed by atoms with van der Waals surface area (Å²) >= 11 is 4.51. The Hall–Kier alpha value is -16.6. The largest absolute Gasteiger partial charge is 0.461 e. The fourth-order valence-electron chi connectivity index (χ4n) is 8.51. The highest BCUT2D eigenvalue weighted by molar-refractivity contribution is 7.17. The molecule has 2 aromatic carbocycles. The van der Waals surface area contributed by atoms with Gasteiger partial charge in [-0.15, -0.1) is 38.0 Å². The molecule has 22 heterocycles. The van der Waals surface area contributed by atoms with Crippen LogP contribution in [0.25, 0.3) is 97.9 Å². The number of nitrogens with zero attached hydrogens (tertiary/aromatic N) is 33. The van der Waals surface area contributed by atoms with Crippen LogP contribution in [0.3, 0.4) is 0 Å². The summed E-state index contributed by atoms with van der Waals surface area (Å²) in [5.41, 5.74) is 11.3. The molecule has 0 spiro atoms. The van der Waals surface area contributed by atoms with Crippen LogP contribution in [-0.2, 0) is 0 Å². The Morgan fingerprint density at radius 1 is 0.284 bits per heavy atom. The van der Waals surface area contributed by atoms with Crippen molar-refractivity contribution in [3.8, 4) is 0 Å². The average Bonchev–Trinajstić information content (AvgIpc) is 1.64. The third-order valence-corrected chi connectivity index (χ3v) is 15.9. The molecule has 0 aliphatic rings. The molecule has 36 nitrogen and oxygen atoms in total. The highest BCUT2D eigenvalue weighted by Gasteiger charge is 1.98. The molecule has 39 heteroatoms. The summed E-state index contributed by atoms with van der Waals surface area (Å²) in [6.07, 6.45) is 59.2. The third-order valence-electron chi connectivity index (χ3n) is 13.7. The number of fused-ring (bicyclic) bond motifs is 10. The highest BCUT2D eigenvalue weighted by Crippen LogP contribution is 2.17. The Kier molecular flexibility index (Phi) is 33.3. The van der Waals surface area contributed by atoms with Gasteiger partial charge in [0, 0.05) is 135 Å². The Morgan fingerprint density at radius 3 is 1.52 bits per heavy atom. The predicted octanol–water partition coefficient (Wildman–Crippen LogP) is 13.6. The first-order chi connectivity index (χ1) is 57.7. The number of hydrogen-bond acceptors (Lipinski definition) is 37. The van der Waals surface area contributed by atoms with Gasteiger partial charge in [-0.1, -0.05) is 42.5 Å². The summed E-state index contributed by atoms with van der Waals surface area (Å²) < 4.78 is 27.4. The molecular formula is C77H59N33O3S3. The first-order valence-electron chi connectivity index (χ1n) is 33.7. The second-order valence-corrected chi connectivity index (χ2v) is 23.6. The molecule has 0 atom stereocenters. The first kappa shape index (κ1) is 80.5. The van der Waals surface area contributed by atoms with Crippen molar-refractivity contribution in [3.05, 3.63) is 363 Å². The molecule has 0 saturated heterocycles. The van der Waals surface area contributed by atoms with Gasteiger partial charge in [0.25, 0.3) is 0 Å². The molecule has 0 radical (unpaired) electrons. The van der Waals surface area contributed by atoms with Gasteiger partial charge in [-0.05, 0) is 99.9 Å². The molecule has 568 valence electrons. The normalized spacial score (nSPS) is 9.72. The standard InChI is InChI=1S/2C8H6N2.C7H6N2.C6H5N3.2C6H4N2O.2C6H4N2S.C5H3N3O.C5H3N3S.2C4H4N2.2C3H3N3/c1-2-4-8-7(3-1)5-9-6-10-8;1-2-4-8-7(3-1)9-5-6-10-8;1-2-5-9-6-4-8-7(9)3-1;1-2-4-9-5-7-8-6(9)3-1;1-2-9-6-3-7-4-8-5(1)6;1-2-9-6-5(1)3-7-4-8-6;1-2-9-6-3-7-4-8-5(1)6;1-2-9-6-5(1)3-7-4-8-6;2*1-2-6-3-5-4(1)7-9-8-5;1-2-6-4-3-5-1;1-2-5-4-6-3-1;1-4-2-6-3-5-1;1-2-5-6-3-4-1/h2*1-6H;1-6H;1-5H;4*1-4H;2*1-3H;2*1-4H;2*1-3H. The molecule has 0 aliphatic heterocycles. The van der Waals surface area contributed by atoms with E-state index in [0.29, 0.717) is 11.2 Å². The number of thiophene rings is 2. The molecule has 22 aromatic heterocycles. The van der Waals surface area contributed by atoms with Crippen LogP contribution in [0.15, 0.2) is 376 Å². The Balaban J connectivity index is 0.000000123. The number of furan rings is 2. The lowest BCUT2D eigenvalue weighted by Crippen LogP contribution is -1.78. The van der Waals surface area contributed by atoms with Crippen molar-refractivity contribution in [2.24, 2.45) is 0 Å². The van der Waals surface area contributed by atoms with Gasteiger partial charge in [0.2, 0.25) is 5.71 Å². The Labute approximate surface area is 667 Å². The van der Waals surface area contributed by atoms with E-state index in [-0.39, 0.29) is 0 Å². The molecule has 24 rings (SSSR count). The summed E-state index contributed by atoms with van der Waals surface area (Å²) in [4.78, 5) is 89.4. The lowest BCUT2D eigenvalue weighted by molar-refractivity contribution is 0.315. The minimum atomic E-state index is 0.644. The van der Waals surface area contributed by atoms with Crippen LogP contribution in [0, 0.1) is 0 Å². The van der Waals surface area contributed by atoms with E-state index >= 15 is 0 Å². The van der Waals surface area contributed by atoms with E-state index in [1.807, 2.05) is 166 Å². The number of para-hydroxylation sites is 3. The topological polar surface area (TPSA) is 448 Å². The highest BCUT2D eigenvalue weighted by atomic mass is 32.1. The molecule has 24 aromatic rings. The summed E-state index contributed by atoms with van der Waals surface area (Å²) in [6, 6.07) is 40.4. The zero-order chi connectivity index (χ0) is 79.4. The smallest absolute Gasteiger partial charge is 0.228 e. The van der Waals surface area contributed by atoms with Crippen molar-refractivity contribution >= 4 is 132 Å². The van der Waals surface area contributed by atoms with Crippen molar-refractivity contribution in [1.82, 2.24) is 163 Å². The Morgan fingerprint density at radius 2 is 0.888 bits per heavy atom. The summed E-state index contributed by atoms with van der Waals surface area (Å²) in [6.45, 7) is 0. The van der Waals surface area contributed by atoms with Gasteiger partial charge in [-0.3, -0.25) is 34.3 Å². The van der Waals surface area contributed by atoms with Crippen LogP contribution in [0.1, 0.15) is 0 Å². The number of imidazole rings is 1. The van der Waals surface area contributed by atoms with Gasteiger partial charge < -0.3 is 13.2 Å². The quantitative estimate of drug-likeness (QED) is 0.136. The number of pyridine rings is 4. The van der Waals surface area contributed by atoms with Crippen LogP contribution >= 0.6 is 34.4 Å². The minimum absolute atomic E-state index is 0.644. The van der Waals surface area contributed by atoms with Gasteiger partial charge >= 0.3 is 0 Å². The van der Waals surface area contributed by atoms with Crippen molar-refractivity contribution in [3.63, 3.8) is 0 Å². The number of hydrogen-bond donors (Lipinski definition) is 0. The zero-order valence-corrected chi connectivity index (χ0v) is 62.7. The SMILES string of the molecule is c1cc2nonc2cn1.c1cc2nsnc2cn1.c1ccc2nccnc2c1.c1ccc2ncncc2c1.c1ccn2ccnc2c1.c1ccn2cnnc2c1.c1cnccn1.c1cncnc1.c1cnncn1.c1ncc2ccoc2n1.c1ncc2ccsc2n1.c1ncc2occc2n1.c1ncc2sccc2n1.c1ncncn1. The number of rotatable bonds is 0. The van der Waals surface area contributed by atoms with E-state index in [4.69, 9.17) is 8.83 Å². The fraction of sp³-hybridized carbons (Fsp3) is 0. The molecular weight excluding hydrogens is 1530 g/mol. The van der Waals surface area contributed by atoms with Gasteiger partial charge in [-0.2, -0.15) is 13.8 Å². The molecule has 0 N–H and O–H groups in total. The van der Waals surface area contributed by atoms with E-state index in [2.05, 4.69) is 159 Å². The van der Waals surface area contributed by atoms with Crippen LogP contribution in [-0.4, -0.2) is 163 Å². The van der Waals surface area contributed by atoms with Crippen molar-refractivity contribution in [1.29, 1.82) is 0 Å². The lowest BCUT2D eigenvalue weighted by Gasteiger charge is -1.90. The second-order valence-electron chi connectivity index (χ2n) is 21.3. The van der Waals surface area contributed by atoms with Gasteiger partial charge in [-0.25, -0.2) is 89.4 Å². The summed E-state index contributed by atoms with van der Waals surface area (Å²) in [7, 11) is 0. The van der Waals surface area contributed by atoms with Gasteiger partial charge in [0.05, 0.1) is 81.2 Å². The van der Waals surface area contributed by atoms with Crippen LogP contribution in [0.2, 0.25) is 0 Å². The van der Waals surface area contributed by atoms with Crippen molar-refractivity contribution in [2.45, 2.75) is 0 Å². The van der Waals surface area contributed by atoms with E-state index in [1.54, 1.807) is 178 Å². The molecule has 116 heavy (non-hydrogen) atoms. The molecule has 0 amide bonds. The van der Waals surface area contributed by atoms with Crippen LogP contribution in [0.4, 0.5) is 0 Å². The molecule has 0 aliphatic carbocycles. The minimum Gasteiger partial charge on any atom is -0.461 e. The molecule has 0 unspecified atom stereocenters. The maximum absolute atomic E-state index is 4.99. The van der Waals surface area contributed by atoms with E-state index in [1.165, 1.54) is 62.2 Å². The predicted molar refractivity (Wildman–Crippen MR) is 434 cm³/mol. The average molecular weight is 1590 g/mol. The summed E-state index contributed by atoms with van der Waals surface area (Å²) in [5.74, 6) is 0. The third kappa shape index (κ3) is 28.2. The molecule has 0 fully saturated rings. The van der Waals surface area contributed by atoms with E-state index in [9.17, 15) is 0 Å². The maximum atomic E-state index is 4.99. The zero-order valence-electron chi connectivity index (χ0n) is 60.3.